The Kier molecular flexibility index (Phi) is 12.6. The molecule has 1 aliphatic rings. The molecule has 1 aromatic carbocycles. The quantitative estimate of drug-likeness (QED) is 0.281. The standard InChI is InChI=1S/C36H53N3O7/c1-10-25(24(4)40)17-32(41)30(16-27-21-38(35(44)46-9)31-15-14-28(45-8)19-29(27)31)37-34(43)26(20-36(5,6)7)18-33(42)39-22(2)12-11-13-23(39)3/h14-15,19,21-23,25-26,30H,10-13,16-18,20H2,1-9H3,(H,37,43)/t22-,23+,25-,26-,30+/m0/s1. The molecule has 1 fully saturated rings. The van der Waals surface area contributed by atoms with E-state index in [0.29, 0.717) is 35.1 Å². The minimum atomic E-state index is -0.991. The Bertz CT molecular complexity index is 1410. The van der Waals surface area contributed by atoms with Gasteiger partial charge in [0.15, 0.2) is 5.78 Å². The molecule has 0 unspecified atom stereocenters. The van der Waals surface area contributed by atoms with E-state index in [2.05, 4.69) is 19.2 Å². The maximum Gasteiger partial charge on any atom is 0.418 e. The molecule has 10 nitrogen and oxygen atoms in total. The number of methoxy groups -OCH3 is 2. The van der Waals surface area contributed by atoms with E-state index in [9.17, 15) is 24.0 Å². The molecule has 2 amide bonds. The summed E-state index contributed by atoms with van der Waals surface area (Å²) in [5.74, 6) is -1.36. The topological polar surface area (TPSA) is 124 Å². The minimum absolute atomic E-state index is 0.0264. The molecular formula is C36H53N3O7. The molecule has 2 heterocycles. The number of hydrogen-bond donors (Lipinski definition) is 1. The van der Waals surface area contributed by atoms with E-state index in [1.165, 1.54) is 18.6 Å². The van der Waals surface area contributed by atoms with Crippen molar-refractivity contribution in [2.45, 2.75) is 118 Å². The van der Waals surface area contributed by atoms with Gasteiger partial charge in [-0.15, -0.1) is 0 Å². The van der Waals surface area contributed by atoms with E-state index in [0.717, 1.165) is 19.3 Å². The van der Waals surface area contributed by atoms with Crippen molar-refractivity contribution in [1.29, 1.82) is 0 Å². The van der Waals surface area contributed by atoms with Crippen molar-refractivity contribution in [3.05, 3.63) is 30.0 Å². The molecule has 0 radical (unpaired) electrons. The molecule has 1 saturated heterocycles. The first kappa shape index (κ1) is 36.8. The Morgan fingerprint density at radius 2 is 1.65 bits per heavy atom. The van der Waals surface area contributed by atoms with E-state index in [1.807, 2.05) is 32.6 Å². The van der Waals surface area contributed by atoms with Crippen LogP contribution < -0.4 is 10.1 Å². The maximum atomic E-state index is 14.1. The summed E-state index contributed by atoms with van der Waals surface area (Å²) in [7, 11) is 2.83. The first-order valence-corrected chi connectivity index (χ1v) is 16.5. The van der Waals surface area contributed by atoms with Crippen LogP contribution in [0, 0.1) is 17.3 Å². The zero-order valence-corrected chi connectivity index (χ0v) is 29.1. The minimum Gasteiger partial charge on any atom is -0.497 e. The second-order valence-electron chi connectivity index (χ2n) is 14.1. The third-order valence-electron chi connectivity index (χ3n) is 9.24. The van der Waals surface area contributed by atoms with Gasteiger partial charge in [-0.05, 0) is 82.1 Å². The van der Waals surface area contributed by atoms with Gasteiger partial charge in [0.25, 0.3) is 0 Å². The number of aromatic nitrogens is 1. The van der Waals surface area contributed by atoms with Crippen molar-refractivity contribution in [1.82, 2.24) is 14.8 Å². The number of Topliss-reactive ketones (excluding diaryl/α,β-unsaturated/α-hetero) is 2. The third-order valence-corrected chi connectivity index (χ3v) is 9.24. The Morgan fingerprint density at radius 3 is 2.20 bits per heavy atom. The van der Waals surface area contributed by atoms with Crippen molar-refractivity contribution in [2.24, 2.45) is 17.3 Å². The average Bonchev–Trinajstić information content (AvgIpc) is 3.34. The lowest BCUT2D eigenvalue weighted by Crippen LogP contribution is -2.50. The summed E-state index contributed by atoms with van der Waals surface area (Å²) >= 11 is 0. The first-order chi connectivity index (χ1) is 21.6. The van der Waals surface area contributed by atoms with Gasteiger partial charge in [0.1, 0.15) is 11.5 Å². The molecule has 254 valence electrons. The highest BCUT2D eigenvalue weighted by atomic mass is 16.5. The second kappa shape index (κ2) is 15.7. The summed E-state index contributed by atoms with van der Waals surface area (Å²) in [5, 5.41) is 3.68. The summed E-state index contributed by atoms with van der Waals surface area (Å²) in [6, 6.07) is 4.46. The largest absolute Gasteiger partial charge is 0.497 e. The molecule has 0 aliphatic carbocycles. The molecule has 2 aromatic rings. The van der Waals surface area contributed by atoms with Gasteiger partial charge >= 0.3 is 6.09 Å². The van der Waals surface area contributed by atoms with Crippen LogP contribution in [0.5, 0.6) is 5.75 Å². The molecule has 5 atom stereocenters. The van der Waals surface area contributed by atoms with Crippen LogP contribution in [0.4, 0.5) is 4.79 Å². The number of rotatable bonds is 13. The number of fused-ring (bicyclic) bond motifs is 1. The predicted molar refractivity (Wildman–Crippen MR) is 178 cm³/mol. The zero-order valence-electron chi connectivity index (χ0n) is 29.1. The number of nitrogens with zero attached hydrogens (tertiary/aromatic N) is 2. The SMILES string of the molecule is CC[C@@H](CC(=O)[C@@H](Cc1cn(C(=O)OC)c2ccc(OC)cc12)NC(=O)[C@@H](CC(=O)N1[C@H](C)CCC[C@@H]1C)CC(C)(C)C)C(C)=O. The summed E-state index contributed by atoms with van der Waals surface area (Å²) in [6.45, 7) is 13.5. The average molecular weight is 640 g/mol. The molecule has 3 rings (SSSR count). The fourth-order valence-electron chi connectivity index (χ4n) is 6.76. The Balaban J connectivity index is 2.01. The van der Waals surface area contributed by atoms with Crippen LogP contribution in [0.2, 0.25) is 0 Å². The van der Waals surface area contributed by atoms with Crippen LogP contribution in [0.25, 0.3) is 10.9 Å². The van der Waals surface area contributed by atoms with E-state index in [4.69, 9.17) is 9.47 Å². The third kappa shape index (κ3) is 9.19. The van der Waals surface area contributed by atoms with Crippen molar-refractivity contribution >= 4 is 40.4 Å². The highest BCUT2D eigenvalue weighted by Crippen LogP contribution is 2.31. The first-order valence-electron chi connectivity index (χ1n) is 16.5. The summed E-state index contributed by atoms with van der Waals surface area (Å²) in [5.41, 5.74) is 0.942. The summed E-state index contributed by atoms with van der Waals surface area (Å²) in [4.78, 5) is 68.6. The van der Waals surface area contributed by atoms with E-state index in [-0.39, 0.29) is 60.1 Å². The van der Waals surface area contributed by atoms with Crippen LogP contribution in [-0.4, -0.2) is 71.3 Å². The van der Waals surface area contributed by atoms with E-state index < -0.39 is 24.0 Å². The monoisotopic (exact) mass is 639 g/mol. The van der Waals surface area contributed by atoms with Gasteiger partial charge in [-0.3, -0.25) is 23.7 Å². The van der Waals surface area contributed by atoms with Crippen molar-refractivity contribution < 1.29 is 33.4 Å². The summed E-state index contributed by atoms with van der Waals surface area (Å²) in [6.07, 6.45) is 4.98. The number of piperidine rings is 1. The lowest BCUT2D eigenvalue weighted by atomic mass is 9.81. The Morgan fingerprint density at radius 1 is 1.00 bits per heavy atom. The number of hydrogen-bond acceptors (Lipinski definition) is 7. The van der Waals surface area contributed by atoms with Gasteiger partial charge in [-0.1, -0.05) is 27.7 Å². The normalized spacial score (nSPS) is 18.8. The van der Waals surface area contributed by atoms with Gasteiger partial charge in [0.2, 0.25) is 11.8 Å². The molecule has 10 heteroatoms. The smallest absolute Gasteiger partial charge is 0.418 e. The van der Waals surface area contributed by atoms with Crippen LogP contribution >= 0.6 is 0 Å². The fraction of sp³-hybridized carbons (Fsp3) is 0.639. The van der Waals surface area contributed by atoms with Gasteiger partial charge in [-0.2, -0.15) is 0 Å². The summed E-state index contributed by atoms with van der Waals surface area (Å²) < 4.78 is 11.8. The van der Waals surface area contributed by atoms with Gasteiger partial charge < -0.3 is 19.7 Å². The predicted octanol–water partition coefficient (Wildman–Crippen LogP) is 6.10. The fourth-order valence-corrected chi connectivity index (χ4v) is 6.76. The van der Waals surface area contributed by atoms with Crippen molar-refractivity contribution in [3.63, 3.8) is 0 Å². The van der Waals surface area contributed by atoms with Gasteiger partial charge in [-0.25, -0.2) is 4.79 Å². The maximum absolute atomic E-state index is 14.1. The Labute approximate surface area is 273 Å². The number of likely N-dealkylation sites (tertiary alicyclic amines) is 1. The number of carbonyl (C=O) groups is 5. The number of benzene rings is 1. The van der Waals surface area contributed by atoms with Crippen LogP contribution in [-0.2, 0) is 30.3 Å². The van der Waals surface area contributed by atoms with Crippen molar-refractivity contribution in [2.75, 3.05) is 14.2 Å². The highest BCUT2D eigenvalue weighted by molar-refractivity contribution is 5.96. The van der Waals surface area contributed by atoms with Crippen LogP contribution in [0.3, 0.4) is 0 Å². The molecule has 46 heavy (non-hydrogen) atoms. The Hall–Kier alpha value is -3.69. The lowest BCUT2D eigenvalue weighted by molar-refractivity contribution is -0.142. The molecule has 1 N–H and O–H groups in total. The molecular weight excluding hydrogens is 586 g/mol. The zero-order chi connectivity index (χ0) is 34.3. The number of amides is 2. The van der Waals surface area contributed by atoms with E-state index >= 15 is 0 Å². The molecule has 1 aliphatic heterocycles. The number of ether oxygens (including phenoxy) is 2. The number of nitrogens with one attached hydrogen (secondary N) is 1. The van der Waals surface area contributed by atoms with E-state index in [1.54, 1.807) is 31.5 Å². The van der Waals surface area contributed by atoms with Gasteiger partial charge in [0, 0.05) is 54.8 Å². The number of carbonyl (C=O) groups excluding carboxylic acids is 5. The van der Waals surface area contributed by atoms with Crippen LogP contribution in [0.1, 0.15) is 99.0 Å². The highest BCUT2D eigenvalue weighted by Gasteiger charge is 2.36. The second-order valence-corrected chi connectivity index (χ2v) is 14.1. The molecule has 0 saturated carbocycles. The van der Waals surface area contributed by atoms with Crippen LogP contribution in [0.15, 0.2) is 24.4 Å². The molecule has 0 bridgehead atoms. The molecule has 1 aromatic heterocycles. The number of ketones is 2. The van der Waals surface area contributed by atoms with Gasteiger partial charge in [0.05, 0.1) is 25.8 Å². The molecule has 0 spiro atoms. The lowest BCUT2D eigenvalue weighted by Gasteiger charge is -2.40. The van der Waals surface area contributed by atoms with Crippen molar-refractivity contribution in [3.8, 4) is 5.75 Å².